The Kier molecular flexibility index (Phi) is 2.47. The maximum absolute atomic E-state index is 5.66. The summed E-state index contributed by atoms with van der Waals surface area (Å²) >= 11 is 0. The molecule has 0 spiro atoms. The summed E-state index contributed by atoms with van der Waals surface area (Å²) in [6.45, 7) is 6.73. The summed E-state index contributed by atoms with van der Waals surface area (Å²) in [6, 6.07) is 10.6. The van der Waals surface area contributed by atoms with Crippen LogP contribution in [0, 0.1) is 20.8 Å². The maximum Gasteiger partial charge on any atom is 0.214 e. The number of aromatic nitrogens is 2. The Hall–Kier alpha value is -2.03. The molecule has 0 amide bonds. The highest BCUT2D eigenvalue weighted by Gasteiger charge is 2.10. The molecule has 0 saturated carbocycles. The van der Waals surface area contributed by atoms with Gasteiger partial charge in [0.25, 0.3) is 0 Å². The third kappa shape index (κ3) is 1.72. The summed E-state index contributed by atoms with van der Waals surface area (Å²) in [5, 5.41) is 1.26. The molecule has 0 bridgehead atoms. The van der Waals surface area contributed by atoms with Crippen LogP contribution in [0.5, 0.6) is 0 Å². The lowest BCUT2D eigenvalue weighted by Crippen LogP contribution is -2.01. The first-order valence-corrected chi connectivity index (χ1v) is 6.13. The van der Waals surface area contributed by atoms with Crippen molar-refractivity contribution in [3.05, 3.63) is 53.4 Å². The zero-order valence-corrected chi connectivity index (χ0v) is 10.9. The van der Waals surface area contributed by atoms with Crippen molar-refractivity contribution in [1.29, 1.82) is 0 Å². The third-order valence-corrected chi connectivity index (χ3v) is 3.38. The van der Waals surface area contributed by atoms with Gasteiger partial charge in [-0.1, -0.05) is 18.2 Å². The van der Waals surface area contributed by atoms with Gasteiger partial charge < -0.3 is 8.98 Å². The highest BCUT2D eigenvalue weighted by atomic mass is 16.4. The molecule has 0 radical (unpaired) electrons. The first kappa shape index (κ1) is 11.1. The van der Waals surface area contributed by atoms with Gasteiger partial charge in [-0.15, -0.1) is 0 Å². The third-order valence-electron chi connectivity index (χ3n) is 3.38. The van der Waals surface area contributed by atoms with Crippen LogP contribution in [0.25, 0.3) is 10.9 Å². The van der Waals surface area contributed by atoms with E-state index in [-0.39, 0.29) is 0 Å². The number of hydrogen-bond acceptors (Lipinski definition) is 2. The predicted molar refractivity (Wildman–Crippen MR) is 71.8 cm³/mol. The van der Waals surface area contributed by atoms with Gasteiger partial charge in [-0.05, 0) is 38.3 Å². The number of fused-ring (bicyclic) bond motifs is 1. The molecule has 3 aromatic rings. The lowest BCUT2D eigenvalue weighted by Gasteiger charge is -2.04. The molecule has 2 aromatic heterocycles. The van der Waals surface area contributed by atoms with Crippen LogP contribution in [-0.2, 0) is 6.54 Å². The van der Waals surface area contributed by atoms with Crippen LogP contribution in [0.4, 0.5) is 0 Å². The summed E-state index contributed by atoms with van der Waals surface area (Å²) < 4.78 is 7.90. The molecule has 18 heavy (non-hydrogen) atoms. The molecule has 0 aliphatic rings. The molecule has 0 aliphatic carbocycles. The molecule has 92 valence electrons. The van der Waals surface area contributed by atoms with Crippen LogP contribution in [0.15, 0.2) is 34.7 Å². The topological polar surface area (TPSA) is 31.0 Å². The van der Waals surface area contributed by atoms with Crippen molar-refractivity contribution in [3.63, 3.8) is 0 Å². The minimum absolute atomic E-state index is 0.689. The second-order valence-electron chi connectivity index (χ2n) is 4.68. The van der Waals surface area contributed by atoms with E-state index < -0.39 is 0 Å². The zero-order valence-electron chi connectivity index (χ0n) is 10.9. The molecule has 3 nitrogen and oxygen atoms in total. The lowest BCUT2D eigenvalue weighted by molar-refractivity contribution is 0.458. The van der Waals surface area contributed by atoms with E-state index in [9.17, 15) is 0 Å². The normalized spacial score (nSPS) is 11.3. The van der Waals surface area contributed by atoms with Gasteiger partial charge >= 0.3 is 0 Å². The highest BCUT2D eigenvalue weighted by molar-refractivity contribution is 5.81. The zero-order chi connectivity index (χ0) is 12.7. The number of benzene rings is 1. The molecule has 2 heterocycles. The fourth-order valence-electron chi connectivity index (χ4n) is 2.30. The van der Waals surface area contributed by atoms with Gasteiger partial charge in [-0.3, -0.25) is 0 Å². The number of rotatable bonds is 2. The van der Waals surface area contributed by atoms with E-state index in [1.165, 1.54) is 16.6 Å². The fraction of sp³-hybridized carbons (Fsp3) is 0.267. The second kappa shape index (κ2) is 4.02. The van der Waals surface area contributed by atoms with Crippen LogP contribution < -0.4 is 0 Å². The van der Waals surface area contributed by atoms with E-state index >= 15 is 0 Å². The van der Waals surface area contributed by atoms with Gasteiger partial charge in [0, 0.05) is 11.2 Å². The minimum Gasteiger partial charge on any atom is -0.444 e. The van der Waals surface area contributed by atoms with Crippen molar-refractivity contribution < 1.29 is 4.42 Å². The molecular weight excluding hydrogens is 224 g/mol. The number of oxazole rings is 1. The van der Waals surface area contributed by atoms with Gasteiger partial charge in [0.2, 0.25) is 5.89 Å². The van der Waals surface area contributed by atoms with Crippen LogP contribution in [0.1, 0.15) is 23.0 Å². The summed E-state index contributed by atoms with van der Waals surface area (Å²) in [5.74, 6) is 1.67. The average molecular weight is 240 g/mol. The monoisotopic (exact) mass is 240 g/mol. The molecule has 0 N–H and O–H groups in total. The van der Waals surface area contributed by atoms with Crippen LogP contribution in [0.3, 0.4) is 0 Å². The molecule has 3 rings (SSSR count). The molecule has 1 aromatic carbocycles. The second-order valence-corrected chi connectivity index (χ2v) is 4.68. The summed E-state index contributed by atoms with van der Waals surface area (Å²) in [5.41, 5.74) is 3.42. The van der Waals surface area contributed by atoms with Gasteiger partial charge in [0.1, 0.15) is 5.76 Å². The first-order valence-electron chi connectivity index (χ1n) is 6.13. The quantitative estimate of drug-likeness (QED) is 0.685. The summed E-state index contributed by atoms with van der Waals surface area (Å²) in [4.78, 5) is 4.45. The van der Waals surface area contributed by atoms with Crippen molar-refractivity contribution in [2.75, 3.05) is 0 Å². The fourth-order valence-corrected chi connectivity index (χ4v) is 2.30. The Bertz CT molecular complexity index is 687. The molecule has 0 atom stereocenters. The van der Waals surface area contributed by atoms with E-state index in [2.05, 4.69) is 46.8 Å². The molecule has 0 aliphatic heterocycles. The van der Waals surface area contributed by atoms with Gasteiger partial charge in [0.05, 0.1) is 12.2 Å². The van der Waals surface area contributed by atoms with Gasteiger partial charge in [-0.25, -0.2) is 4.98 Å². The van der Waals surface area contributed by atoms with E-state index in [0.29, 0.717) is 6.54 Å². The Morgan fingerprint density at radius 3 is 2.67 bits per heavy atom. The molecular formula is C15H16N2O. The first-order chi connectivity index (χ1) is 8.65. The minimum atomic E-state index is 0.689. The SMILES string of the molecule is Cc1nc(Cn2c(C)cc3ccccc32)oc1C. The molecule has 0 fully saturated rings. The molecule has 0 saturated heterocycles. The number of hydrogen-bond donors (Lipinski definition) is 0. The van der Waals surface area contributed by atoms with Crippen LogP contribution in [0.2, 0.25) is 0 Å². The highest BCUT2D eigenvalue weighted by Crippen LogP contribution is 2.21. The van der Waals surface area contributed by atoms with Crippen molar-refractivity contribution in [3.8, 4) is 0 Å². The summed E-state index contributed by atoms with van der Waals surface area (Å²) in [7, 11) is 0. The van der Waals surface area contributed by atoms with E-state index in [0.717, 1.165) is 17.3 Å². The van der Waals surface area contributed by atoms with Gasteiger partial charge in [-0.2, -0.15) is 0 Å². The standard InChI is InChI=1S/C15H16N2O/c1-10-8-13-6-4-5-7-14(13)17(10)9-15-16-11(2)12(3)18-15/h4-8H,9H2,1-3H3. The van der Waals surface area contributed by atoms with E-state index in [1.807, 2.05) is 13.8 Å². The number of para-hydroxylation sites is 1. The average Bonchev–Trinajstić information content (AvgIpc) is 2.82. The Morgan fingerprint density at radius 1 is 1.17 bits per heavy atom. The Labute approximate surface area is 106 Å². The number of nitrogens with zero attached hydrogens (tertiary/aromatic N) is 2. The maximum atomic E-state index is 5.66. The largest absolute Gasteiger partial charge is 0.444 e. The Morgan fingerprint density at radius 2 is 1.94 bits per heavy atom. The number of aryl methyl sites for hydroxylation is 3. The van der Waals surface area contributed by atoms with Gasteiger partial charge in [0.15, 0.2) is 0 Å². The predicted octanol–water partition coefficient (Wildman–Crippen LogP) is 3.60. The molecule has 0 unspecified atom stereocenters. The Balaban J connectivity index is 2.06. The van der Waals surface area contributed by atoms with Crippen molar-refractivity contribution >= 4 is 10.9 Å². The molecule has 3 heteroatoms. The van der Waals surface area contributed by atoms with Crippen LogP contribution in [-0.4, -0.2) is 9.55 Å². The lowest BCUT2D eigenvalue weighted by atomic mass is 10.2. The van der Waals surface area contributed by atoms with Crippen molar-refractivity contribution in [1.82, 2.24) is 9.55 Å². The smallest absolute Gasteiger partial charge is 0.214 e. The summed E-state index contributed by atoms with van der Waals surface area (Å²) in [6.07, 6.45) is 0. The van der Waals surface area contributed by atoms with E-state index in [1.54, 1.807) is 0 Å². The van der Waals surface area contributed by atoms with Crippen molar-refractivity contribution in [2.24, 2.45) is 0 Å². The van der Waals surface area contributed by atoms with Crippen LogP contribution >= 0.6 is 0 Å². The van der Waals surface area contributed by atoms with E-state index in [4.69, 9.17) is 4.42 Å². The van der Waals surface area contributed by atoms with Crippen molar-refractivity contribution in [2.45, 2.75) is 27.3 Å².